The first kappa shape index (κ1) is 13.7. The minimum Gasteiger partial charge on any atom is -0.481 e. The average molecular weight is 290 g/mol. The zero-order chi connectivity index (χ0) is 15.2. The van der Waals surface area contributed by atoms with E-state index in [2.05, 4.69) is 26.4 Å². The van der Waals surface area contributed by atoms with Crippen LogP contribution in [0.15, 0.2) is 53.6 Å². The van der Waals surface area contributed by atoms with E-state index in [1.807, 2.05) is 48.5 Å². The molecule has 1 aromatic heterocycles. The summed E-state index contributed by atoms with van der Waals surface area (Å²) in [5.41, 5.74) is 5.63. The van der Waals surface area contributed by atoms with Crippen molar-refractivity contribution in [2.24, 2.45) is 5.10 Å². The molecule has 0 fully saturated rings. The predicted molar refractivity (Wildman–Crippen MR) is 88.1 cm³/mol. The van der Waals surface area contributed by atoms with Crippen LogP contribution in [-0.4, -0.2) is 22.8 Å². The molecule has 0 unspecified atom stereocenters. The third kappa shape index (κ3) is 3.25. The summed E-state index contributed by atoms with van der Waals surface area (Å²) in [6, 6.07) is 15.3. The second-order valence-electron chi connectivity index (χ2n) is 4.54. The van der Waals surface area contributed by atoms with Crippen molar-refractivity contribution in [2.75, 3.05) is 12.0 Å². The zero-order valence-corrected chi connectivity index (χ0v) is 11.8. The number of imidazole rings is 1. The highest BCUT2D eigenvalue weighted by Crippen LogP contribution is 2.14. The number of ether oxygens (including phenoxy) is 1. The minimum absolute atomic E-state index is 0.248. The quantitative estimate of drug-likeness (QED) is 0.431. The maximum atomic E-state index is 5.36. The number of hydrogen-bond acceptors (Lipinski definition) is 4. The van der Waals surface area contributed by atoms with E-state index >= 15 is 0 Å². The standard InChI is InChI=1S/C17H14N4O/c1-2-10-22-14-7-5-6-13(11-14)12-18-21-17-19-15-8-3-4-9-16(15)20-17/h1,3-9,11-12H,10H2,(H2,19,20,21)/b18-12-. The molecule has 1 heterocycles. The van der Waals surface area contributed by atoms with Gasteiger partial charge in [-0.1, -0.05) is 30.2 Å². The van der Waals surface area contributed by atoms with Gasteiger partial charge < -0.3 is 9.72 Å². The maximum Gasteiger partial charge on any atom is 0.222 e. The van der Waals surface area contributed by atoms with E-state index in [0.717, 1.165) is 16.6 Å². The van der Waals surface area contributed by atoms with Gasteiger partial charge in [-0.05, 0) is 29.8 Å². The monoisotopic (exact) mass is 290 g/mol. The van der Waals surface area contributed by atoms with E-state index in [1.165, 1.54) is 0 Å². The van der Waals surface area contributed by atoms with E-state index in [9.17, 15) is 0 Å². The van der Waals surface area contributed by atoms with Crippen molar-refractivity contribution in [1.29, 1.82) is 0 Å². The number of anilines is 1. The fraction of sp³-hybridized carbons (Fsp3) is 0.0588. The Morgan fingerprint density at radius 2 is 2.18 bits per heavy atom. The maximum absolute atomic E-state index is 5.36. The van der Waals surface area contributed by atoms with Gasteiger partial charge in [0.1, 0.15) is 12.4 Å². The first-order valence-corrected chi connectivity index (χ1v) is 6.75. The summed E-state index contributed by atoms with van der Waals surface area (Å²) in [6.07, 6.45) is 6.86. The van der Waals surface area contributed by atoms with Crippen molar-refractivity contribution >= 4 is 23.2 Å². The van der Waals surface area contributed by atoms with E-state index in [1.54, 1.807) is 6.21 Å². The minimum atomic E-state index is 0.248. The molecule has 2 N–H and O–H groups in total. The third-order valence-electron chi connectivity index (χ3n) is 2.95. The number of aromatic nitrogens is 2. The van der Waals surface area contributed by atoms with Gasteiger partial charge in [0.25, 0.3) is 0 Å². The fourth-order valence-electron chi connectivity index (χ4n) is 1.98. The molecular formula is C17H14N4O. The number of rotatable bonds is 5. The fourth-order valence-corrected chi connectivity index (χ4v) is 1.98. The number of nitrogens with zero attached hydrogens (tertiary/aromatic N) is 2. The molecule has 0 radical (unpaired) electrons. The van der Waals surface area contributed by atoms with Gasteiger partial charge in [-0.3, -0.25) is 0 Å². The summed E-state index contributed by atoms with van der Waals surface area (Å²) >= 11 is 0. The van der Waals surface area contributed by atoms with Gasteiger partial charge in [0, 0.05) is 0 Å². The number of H-pyrrole nitrogens is 1. The second kappa shape index (κ2) is 6.46. The van der Waals surface area contributed by atoms with E-state index in [0.29, 0.717) is 11.7 Å². The molecule has 0 amide bonds. The molecule has 0 saturated heterocycles. The summed E-state index contributed by atoms with van der Waals surface area (Å²) < 4.78 is 5.36. The lowest BCUT2D eigenvalue weighted by Gasteiger charge is -2.02. The van der Waals surface area contributed by atoms with Crippen LogP contribution in [0.5, 0.6) is 5.75 Å². The Bertz CT molecular complexity index is 812. The summed E-state index contributed by atoms with van der Waals surface area (Å²) in [5.74, 6) is 3.74. The van der Waals surface area contributed by atoms with Gasteiger partial charge in [-0.2, -0.15) is 5.10 Å². The topological polar surface area (TPSA) is 62.3 Å². The number of nitrogens with one attached hydrogen (secondary N) is 2. The number of fused-ring (bicyclic) bond motifs is 1. The van der Waals surface area contributed by atoms with Crippen molar-refractivity contribution < 1.29 is 4.74 Å². The molecule has 2 aromatic carbocycles. The van der Waals surface area contributed by atoms with Crippen LogP contribution in [0.2, 0.25) is 0 Å². The number of hydrogen-bond donors (Lipinski definition) is 2. The van der Waals surface area contributed by atoms with Crippen LogP contribution in [0.1, 0.15) is 5.56 Å². The molecule has 5 nitrogen and oxygen atoms in total. The molecule has 0 aliphatic carbocycles. The SMILES string of the molecule is C#CCOc1cccc(/C=N\Nc2nc3ccccc3[nH]2)c1. The molecule has 0 aliphatic rings. The van der Waals surface area contributed by atoms with Crippen LogP contribution in [0.3, 0.4) is 0 Å². The summed E-state index contributed by atoms with van der Waals surface area (Å²) in [7, 11) is 0. The van der Waals surface area contributed by atoms with Crippen molar-refractivity contribution in [3.8, 4) is 18.1 Å². The first-order chi connectivity index (χ1) is 10.8. The molecule has 5 heteroatoms. The van der Waals surface area contributed by atoms with Gasteiger partial charge in [0.15, 0.2) is 0 Å². The number of para-hydroxylation sites is 2. The van der Waals surface area contributed by atoms with Crippen LogP contribution < -0.4 is 10.2 Å². The highest BCUT2D eigenvalue weighted by molar-refractivity contribution is 5.81. The van der Waals surface area contributed by atoms with Crippen molar-refractivity contribution in [3.05, 3.63) is 54.1 Å². The summed E-state index contributed by atoms with van der Waals surface area (Å²) in [5, 5.41) is 4.16. The lowest BCUT2D eigenvalue weighted by Crippen LogP contribution is -1.95. The van der Waals surface area contributed by atoms with Crippen molar-refractivity contribution in [3.63, 3.8) is 0 Å². The number of hydrazone groups is 1. The average Bonchev–Trinajstić information content (AvgIpc) is 2.96. The summed E-state index contributed by atoms with van der Waals surface area (Å²) in [6.45, 7) is 0.248. The highest BCUT2D eigenvalue weighted by Gasteiger charge is 1.99. The van der Waals surface area contributed by atoms with E-state index < -0.39 is 0 Å². The Morgan fingerprint density at radius 3 is 3.05 bits per heavy atom. The van der Waals surface area contributed by atoms with Crippen LogP contribution in [0.4, 0.5) is 5.95 Å². The Labute approximate surface area is 128 Å². The molecule has 0 bridgehead atoms. The van der Waals surface area contributed by atoms with E-state index in [4.69, 9.17) is 11.2 Å². The molecular weight excluding hydrogens is 276 g/mol. The van der Waals surface area contributed by atoms with Gasteiger partial charge in [-0.15, -0.1) is 6.42 Å². The Kier molecular flexibility index (Phi) is 4.03. The Balaban J connectivity index is 1.67. The normalized spacial score (nSPS) is 10.7. The lowest BCUT2D eigenvalue weighted by molar-refractivity contribution is 0.370. The number of aromatic amines is 1. The van der Waals surface area contributed by atoms with Crippen molar-refractivity contribution in [2.45, 2.75) is 0 Å². The summed E-state index contributed by atoms with van der Waals surface area (Å²) in [4.78, 5) is 7.51. The zero-order valence-electron chi connectivity index (χ0n) is 11.8. The molecule has 0 saturated carbocycles. The lowest BCUT2D eigenvalue weighted by atomic mass is 10.2. The molecule has 0 aliphatic heterocycles. The van der Waals surface area contributed by atoms with Gasteiger partial charge in [-0.25, -0.2) is 10.4 Å². The van der Waals surface area contributed by atoms with Crippen LogP contribution >= 0.6 is 0 Å². The van der Waals surface area contributed by atoms with Crippen LogP contribution in [-0.2, 0) is 0 Å². The largest absolute Gasteiger partial charge is 0.481 e. The van der Waals surface area contributed by atoms with Gasteiger partial charge >= 0.3 is 0 Å². The molecule has 108 valence electrons. The molecule has 3 aromatic rings. The molecule has 0 atom stereocenters. The molecule has 0 spiro atoms. The van der Waals surface area contributed by atoms with Crippen LogP contribution in [0, 0.1) is 12.3 Å². The predicted octanol–water partition coefficient (Wildman–Crippen LogP) is 3.02. The molecule has 3 rings (SSSR count). The van der Waals surface area contributed by atoms with Crippen LogP contribution in [0.25, 0.3) is 11.0 Å². The van der Waals surface area contributed by atoms with Gasteiger partial charge in [0.2, 0.25) is 5.95 Å². The van der Waals surface area contributed by atoms with Crippen molar-refractivity contribution in [1.82, 2.24) is 9.97 Å². The van der Waals surface area contributed by atoms with E-state index in [-0.39, 0.29) is 6.61 Å². The number of terminal acetylenes is 1. The number of benzene rings is 2. The third-order valence-corrected chi connectivity index (χ3v) is 2.95. The first-order valence-electron chi connectivity index (χ1n) is 6.75. The molecule has 22 heavy (non-hydrogen) atoms. The Morgan fingerprint density at radius 1 is 1.27 bits per heavy atom. The smallest absolute Gasteiger partial charge is 0.222 e. The van der Waals surface area contributed by atoms with Gasteiger partial charge in [0.05, 0.1) is 17.2 Å². The Hall–Kier alpha value is -3.26. The second-order valence-corrected chi connectivity index (χ2v) is 4.54. The highest BCUT2D eigenvalue weighted by atomic mass is 16.5.